The van der Waals surface area contributed by atoms with Crippen molar-refractivity contribution in [3.63, 3.8) is 0 Å². The van der Waals surface area contributed by atoms with Crippen LogP contribution in [0.1, 0.15) is 17.3 Å². The molecular formula is C13H16F2N4O3. The van der Waals surface area contributed by atoms with E-state index in [1.165, 1.54) is 24.3 Å². The third-order valence-electron chi connectivity index (χ3n) is 3.29. The van der Waals surface area contributed by atoms with E-state index in [0.717, 1.165) is 0 Å². The molecule has 3 unspecified atom stereocenters. The van der Waals surface area contributed by atoms with Crippen LogP contribution in [0, 0.1) is 0 Å². The number of hydrazine groups is 1. The Labute approximate surface area is 125 Å². The molecule has 0 radical (unpaired) electrons. The molecule has 1 aromatic rings. The Morgan fingerprint density at radius 1 is 1.36 bits per heavy atom. The lowest BCUT2D eigenvalue weighted by molar-refractivity contribution is -0.120. The van der Waals surface area contributed by atoms with Crippen LogP contribution in [0.15, 0.2) is 24.3 Å². The molecule has 1 aliphatic heterocycles. The zero-order valence-electron chi connectivity index (χ0n) is 11.7. The lowest BCUT2D eigenvalue weighted by Gasteiger charge is -2.20. The lowest BCUT2D eigenvalue weighted by Crippen LogP contribution is -2.52. The Hall–Kier alpha value is -2.26. The first-order valence-corrected chi connectivity index (χ1v) is 6.54. The minimum absolute atomic E-state index is 0.121. The van der Waals surface area contributed by atoms with Crippen molar-refractivity contribution in [2.24, 2.45) is 5.73 Å². The molecule has 2 amide bonds. The smallest absolute Gasteiger partial charge is 0.387 e. The molecule has 1 aliphatic rings. The maximum atomic E-state index is 12.2. The van der Waals surface area contributed by atoms with Gasteiger partial charge in [0.25, 0.3) is 5.91 Å². The van der Waals surface area contributed by atoms with E-state index in [9.17, 15) is 18.4 Å². The van der Waals surface area contributed by atoms with Crippen LogP contribution in [0.25, 0.3) is 0 Å². The topological polar surface area (TPSA) is 105 Å². The number of nitrogens with two attached hydrogens (primary N) is 1. The van der Waals surface area contributed by atoms with E-state index in [1.807, 2.05) is 0 Å². The normalized spacial score (nSPS) is 24.3. The van der Waals surface area contributed by atoms with Gasteiger partial charge in [0.15, 0.2) is 0 Å². The first kappa shape index (κ1) is 16.1. The second-order valence-electron chi connectivity index (χ2n) is 4.86. The Bertz CT molecular complexity index is 570. The summed E-state index contributed by atoms with van der Waals surface area (Å²) in [4.78, 5) is 23.5. The molecule has 2 rings (SSSR count). The van der Waals surface area contributed by atoms with Crippen LogP contribution in [-0.4, -0.2) is 36.6 Å². The summed E-state index contributed by atoms with van der Waals surface area (Å²) in [6.45, 7) is -1.21. The molecule has 1 heterocycles. The molecule has 5 N–H and O–H groups in total. The lowest BCUT2D eigenvalue weighted by atomic mass is 10.0. The Kier molecular flexibility index (Phi) is 4.88. The molecule has 1 saturated heterocycles. The second kappa shape index (κ2) is 6.67. The number of carbonyl (C=O) groups excluding carboxylic acids is 2. The van der Waals surface area contributed by atoms with Crippen molar-refractivity contribution in [3.05, 3.63) is 29.8 Å². The second-order valence-corrected chi connectivity index (χ2v) is 4.86. The number of rotatable bonds is 5. The van der Waals surface area contributed by atoms with E-state index in [1.54, 1.807) is 6.92 Å². The quantitative estimate of drug-likeness (QED) is 0.599. The largest absolute Gasteiger partial charge is 0.435 e. The molecule has 120 valence electrons. The Balaban J connectivity index is 2.10. The van der Waals surface area contributed by atoms with Gasteiger partial charge >= 0.3 is 6.61 Å². The standard InChI is InChI=1S/C13H16F2N4O3/c1-6-9(10(11(16)20)19-18-6)17-12(21)7-3-2-4-8(5-7)22-13(14)15/h2-6,9-10,13,18-19H,1H3,(H2,16,20)(H,17,21). The molecule has 0 aliphatic carbocycles. The van der Waals surface area contributed by atoms with Gasteiger partial charge in [-0.3, -0.25) is 15.0 Å². The number of hydrogen-bond acceptors (Lipinski definition) is 5. The molecule has 0 spiro atoms. The van der Waals surface area contributed by atoms with E-state index >= 15 is 0 Å². The summed E-state index contributed by atoms with van der Waals surface area (Å²) in [6, 6.07) is 3.82. The van der Waals surface area contributed by atoms with E-state index in [-0.39, 0.29) is 17.4 Å². The predicted molar refractivity (Wildman–Crippen MR) is 73.0 cm³/mol. The highest BCUT2D eigenvalue weighted by atomic mass is 19.3. The molecule has 1 aromatic carbocycles. The summed E-state index contributed by atoms with van der Waals surface area (Å²) in [5, 5.41) is 2.65. The molecular weight excluding hydrogens is 298 g/mol. The summed E-state index contributed by atoms with van der Waals surface area (Å²) in [6.07, 6.45) is 0. The minimum atomic E-state index is -2.97. The van der Waals surface area contributed by atoms with Gasteiger partial charge in [-0.05, 0) is 25.1 Å². The van der Waals surface area contributed by atoms with Crippen LogP contribution in [0.2, 0.25) is 0 Å². The van der Waals surface area contributed by atoms with Crippen LogP contribution in [0.3, 0.4) is 0 Å². The fourth-order valence-electron chi connectivity index (χ4n) is 2.19. The summed E-state index contributed by atoms with van der Waals surface area (Å²) in [5.74, 6) is -1.25. The fourth-order valence-corrected chi connectivity index (χ4v) is 2.19. The molecule has 0 aromatic heterocycles. The number of halogens is 2. The van der Waals surface area contributed by atoms with Crippen molar-refractivity contribution in [2.75, 3.05) is 0 Å². The summed E-state index contributed by atoms with van der Waals surface area (Å²) in [5.41, 5.74) is 10.9. The molecule has 3 atom stereocenters. The highest BCUT2D eigenvalue weighted by molar-refractivity contribution is 5.95. The van der Waals surface area contributed by atoms with E-state index in [4.69, 9.17) is 5.73 Å². The Morgan fingerprint density at radius 3 is 2.73 bits per heavy atom. The number of benzene rings is 1. The van der Waals surface area contributed by atoms with Crippen molar-refractivity contribution in [1.29, 1.82) is 0 Å². The number of carbonyl (C=O) groups is 2. The molecule has 9 heteroatoms. The van der Waals surface area contributed by atoms with Gasteiger partial charge in [-0.1, -0.05) is 6.07 Å². The van der Waals surface area contributed by atoms with Gasteiger partial charge in [-0.15, -0.1) is 0 Å². The summed E-state index contributed by atoms with van der Waals surface area (Å²) in [7, 11) is 0. The van der Waals surface area contributed by atoms with E-state index in [0.29, 0.717) is 0 Å². The third kappa shape index (κ3) is 3.68. The maximum Gasteiger partial charge on any atom is 0.387 e. The van der Waals surface area contributed by atoms with Crippen LogP contribution in [0.4, 0.5) is 8.78 Å². The first-order valence-electron chi connectivity index (χ1n) is 6.54. The fraction of sp³-hybridized carbons (Fsp3) is 0.385. The number of hydrogen-bond donors (Lipinski definition) is 4. The summed E-state index contributed by atoms with van der Waals surface area (Å²) < 4.78 is 28.6. The van der Waals surface area contributed by atoms with Crippen LogP contribution < -0.4 is 26.6 Å². The van der Waals surface area contributed by atoms with Crippen molar-refractivity contribution in [2.45, 2.75) is 31.7 Å². The number of primary amides is 1. The van der Waals surface area contributed by atoms with Crippen molar-refractivity contribution in [1.82, 2.24) is 16.2 Å². The van der Waals surface area contributed by atoms with Gasteiger partial charge in [-0.2, -0.15) is 8.78 Å². The number of ether oxygens (including phenoxy) is 1. The monoisotopic (exact) mass is 314 g/mol. The highest BCUT2D eigenvalue weighted by Gasteiger charge is 2.37. The van der Waals surface area contributed by atoms with E-state index < -0.39 is 30.5 Å². The molecule has 7 nitrogen and oxygen atoms in total. The van der Waals surface area contributed by atoms with Crippen molar-refractivity contribution < 1.29 is 23.1 Å². The molecule has 0 bridgehead atoms. The highest BCUT2D eigenvalue weighted by Crippen LogP contribution is 2.16. The molecule has 1 fully saturated rings. The number of nitrogens with one attached hydrogen (secondary N) is 3. The van der Waals surface area contributed by atoms with Gasteiger partial charge in [0.2, 0.25) is 5.91 Å². The van der Waals surface area contributed by atoms with Gasteiger partial charge < -0.3 is 15.8 Å². The van der Waals surface area contributed by atoms with Gasteiger partial charge in [0.1, 0.15) is 11.8 Å². The first-order chi connectivity index (χ1) is 10.4. The van der Waals surface area contributed by atoms with Crippen LogP contribution in [-0.2, 0) is 4.79 Å². The zero-order chi connectivity index (χ0) is 16.3. The average Bonchev–Trinajstić information content (AvgIpc) is 2.80. The average molecular weight is 314 g/mol. The summed E-state index contributed by atoms with van der Waals surface area (Å²) >= 11 is 0. The molecule has 0 saturated carbocycles. The van der Waals surface area contributed by atoms with Crippen LogP contribution in [0.5, 0.6) is 5.75 Å². The SMILES string of the molecule is CC1NNC(C(N)=O)C1NC(=O)c1cccc(OC(F)F)c1. The molecule has 22 heavy (non-hydrogen) atoms. The predicted octanol–water partition coefficient (Wildman–Crippen LogP) is -0.263. The Morgan fingerprint density at radius 2 is 2.09 bits per heavy atom. The van der Waals surface area contributed by atoms with Crippen LogP contribution >= 0.6 is 0 Å². The van der Waals surface area contributed by atoms with Gasteiger partial charge in [0.05, 0.1) is 6.04 Å². The number of alkyl halides is 2. The zero-order valence-corrected chi connectivity index (χ0v) is 11.7. The third-order valence-corrected chi connectivity index (χ3v) is 3.29. The van der Waals surface area contributed by atoms with Gasteiger partial charge in [-0.25, -0.2) is 5.43 Å². The van der Waals surface area contributed by atoms with E-state index in [2.05, 4.69) is 20.9 Å². The minimum Gasteiger partial charge on any atom is -0.435 e. The maximum absolute atomic E-state index is 12.2. The van der Waals surface area contributed by atoms with Gasteiger partial charge in [0, 0.05) is 11.6 Å². The number of amides is 2. The van der Waals surface area contributed by atoms with Crippen molar-refractivity contribution >= 4 is 11.8 Å². The van der Waals surface area contributed by atoms with Crippen molar-refractivity contribution in [3.8, 4) is 5.75 Å².